The molecule has 0 spiro atoms. The van der Waals surface area contributed by atoms with Gasteiger partial charge in [0.1, 0.15) is 5.82 Å². The van der Waals surface area contributed by atoms with E-state index in [1.807, 2.05) is 24.5 Å². The van der Waals surface area contributed by atoms with Crippen molar-refractivity contribution in [3.8, 4) is 6.07 Å². The van der Waals surface area contributed by atoms with Crippen molar-refractivity contribution in [2.45, 2.75) is 31.6 Å². The van der Waals surface area contributed by atoms with Crippen LogP contribution in [0.25, 0.3) is 0 Å². The summed E-state index contributed by atoms with van der Waals surface area (Å²) < 4.78 is 15.6. The number of hydrogen-bond donors (Lipinski definition) is 1. The van der Waals surface area contributed by atoms with Crippen LogP contribution >= 0.6 is 11.8 Å². The van der Waals surface area contributed by atoms with Gasteiger partial charge in [0.15, 0.2) is 16.8 Å². The van der Waals surface area contributed by atoms with Crippen molar-refractivity contribution >= 4 is 23.5 Å². The molecule has 9 heteroatoms. The maximum absolute atomic E-state index is 13.8. The van der Waals surface area contributed by atoms with Crippen LogP contribution < -0.4 is 5.32 Å². The van der Waals surface area contributed by atoms with Crippen molar-refractivity contribution in [2.75, 3.05) is 5.75 Å². The highest BCUT2D eigenvalue weighted by Gasteiger charge is 2.18. The number of rotatable bonds is 8. The van der Waals surface area contributed by atoms with Gasteiger partial charge in [-0.1, -0.05) is 36.0 Å². The van der Waals surface area contributed by atoms with E-state index in [-0.39, 0.29) is 29.7 Å². The van der Waals surface area contributed by atoms with Gasteiger partial charge in [-0.2, -0.15) is 5.26 Å². The average Bonchev–Trinajstić information content (AvgIpc) is 3.19. The van der Waals surface area contributed by atoms with Gasteiger partial charge >= 0.3 is 0 Å². The normalized spacial score (nSPS) is 10.7. The predicted molar refractivity (Wildman–Crippen MR) is 114 cm³/mol. The minimum Gasteiger partial charge on any atom is -0.345 e. The number of Topliss-reactive ketones (excluding diaryl/α,β-unsaturated/α-hetero) is 1. The quantitative estimate of drug-likeness (QED) is 0.425. The van der Waals surface area contributed by atoms with E-state index in [4.69, 9.17) is 5.26 Å². The maximum atomic E-state index is 13.8. The zero-order valence-electron chi connectivity index (χ0n) is 17.0. The molecule has 0 saturated heterocycles. The molecule has 1 heterocycles. The Balaban J connectivity index is 1.67. The van der Waals surface area contributed by atoms with E-state index < -0.39 is 11.7 Å². The van der Waals surface area contributed by atoms with Crippen molar-refractivity contribution in [3.05, 3.63) is 76.9 Å². The van der Waals surface area contributed by atoms with Crippen LogP contribution in [0.15, 0.2) is 53.7 Å². The predicted octanol–water partition coefficient (Wildman–Crippen LogP) is 3.77. The Morgan fingerprint density at radius 3 is 2.52 bits per heavy atom. The number of nitrogens with one attached hydrogen (secondary N) is 1. The molecule has 7 nitrogen and oxygen atoms in total. The third-order valence-electron chi connectivity index (χ3n) is 4.45. The number of halogens is 1. The second-order valence-corrected chi connectivity index (χ2v) is 7.87. The largest absolute Gasteiger partial charge is 0.345 e. The SMILES string of the molecule is CC(C)n1c(CNC(=O)c2ccccc2F)nnc1SCC(=O)c1ccc(C#N)cc1. The molecule has 0 fully saturated rings. The lowest BCUT2D eigenvalue weighted by atomic mass is 10.1. The minimum atomic E-state index is -0.595. The topological polar surface area (TPSA) is 101 Å². The molecule has 1 amide bonds. The highest BCUT2D eigenvalue weighted by molar-refractivity contribution is 7.99. The number of hydrogen-bond acceptors (Lipinski definition) is 6. The van der Waals surface area contributed by atoms with Crippen LogP contribution in [0.2, 0.25) is 0 Å². The first kappa shape index (κ1) is 22.2. The van der Waals surface area contributed by atoms with E-state index in [1.165, 1.54) is 30.0 Å². The number of amides is 1. The van der Waals surface area contributed by atoms with Crippen LogP contribution in [-0.2, 0) is 6.54 Å². The summed E-state index contributed by atoms with van der Waals surface area (Å²) in [5, 5.41) is 20.4. The van der Waals surface area contributed by atoms with Crippen LogP contribution in [0.1, 0.15) is 52.0 Å². The first-order valence-electron chi connectivity index (χ1n) is 9.53. The molecular weight excluding hydrogens is 417 g/mol. The monoisotopic (exact) mass is 437 g/mol. The van der Waals surface area contributed by atoms with Crippen molar-refractivity contribution in [1.82, 2.24) is 20.1 Å². The molecule has 0 aliphatic carbocycles. The Labute approximate surface area is 183 Å². The molecule has 2 aromatic carbocycles. The van der Waals surface area contributed by atoms with Crippen molar-refractivity contribution in [2.24, 2.45) is 0 Å². The lowest BCUT2D eigenvalue weighted by molar-refractivity contribution is 0.0944. The zero-order valence-corrected chi connectivity index (χ0v) is 17.8. The van der Waals surface area contributed by atoms with Gasteiger partial charge < -0.3 is 9.88 Å². The van der Waals surface area contributed by atoms with E-state index in [9.17, 15) is 14.0 Å². The molecule has 158 valence electrons. The van der Waals surface area contributed by atoms with E-state index in [1.54, 1.807) is 30.3 Å². The molecule has 3 aromatic rings. The molecule has 0 saturated carbocycles. The smallest absolute Gasteiger partial charge is 0.254 e. The van der Waals surface area contributed by atoms with E-state index >= 15 is 0 Å². The molecule has 0 aliphatic rings. The Kier molecular flexibility index (Phi) is 7.15. The third kappa shape index (κ3) is 5.35. The van der Waals surface area contributed by atoms with E-state index in [0.717, 1.165) is 0 Å². The Hall–Kier alpha value is -3.51. The first-order chi connectivity index (χ1) is 14.9. The summed E-state index contributed by atoms with van der Waals surface area (Å²) in [6.45, 7) is 3.96. The van der Waals surface area contributed by atoms with Gasteiger partial charge in [-0.25, -0.2) is 4.39 Å². The van der Waals surface area contributed by atoms with Gasteiger partial charge in [-0.05, 0) is 38.1 Å². The second kappa shape index (κ2) is 10.00. The van der Waals surface area contributed by atoms with Crippen LogP contribution in [0.3, 0.4) is 0 Å². The Morgan fingerprint density at radius 1 is 1.16 bits per heavy atom. The summed E-state index contributed by atoms with van der Waals surface area (Å²) in [7, 11) is 0. The van der Waals surface area contributed by atoms with Gasteiger partial charge in [0.25, 0.3) is 5.91 Å². The number of carbonyl (C=O) groups is 2. The van der Waals surface area contributed by atoms with Crippen LogP contribution in [0.4, 0.5) is 4.39 Å². The molecule has 1 aromatic heterocycles. The summed E-state index contributed by atoms with van der Waals surface area (Å²) in [6, 6.07) is 14.2. The summed E-state index contributed by atoms with van der Waals surface area (Å²) in [5.74, 6) is -0.571. The molecular formula is C22H20FN5O2S. The Morgan fingerprint density at radius 2 is 1.87 bits per heavy atom. The average molecular weight is 438 g/mol. The molecule has 0 bridgehead atoms. The number of nitrogens with zero attached hydrogens (tertiary/aromatic N) is 4. The van der Waals surface area contributed by atoms with E-state index in [2.05, 4.69) is 15.5 Å². The highest BCUT2D eigenvalue weighted by atomic mass is 32.2. The maximum Gasteiger partial charge on any atom is 0.254 e. The van der Waals surface area contributed by atoms with Crippen molar-refractivity contribution in [3.63, 3.8) is 0 Å². The molecule has 0 radical (unpaired) electrons. The van der Waals surface area contributed by atoms with Gasteiger partial charge in [0, 0.05) is 11.6 Å². The second-order valence-electron chi connectivity index (χ2n) is 6.93. The van der Waals surface area contributed by atoms with Crippen LogP contribution in [-0.4, -0.2) is 32.2 Å². The standard InChI is InChI=1S/C22H20FN5O2S/c1-14(2)28-20(12-25-21(30)17-5-3-4-6-18(17)23)26-27-22(28)31-13-19(29)16-9-7-15(11-24)8-10-16/h3-10,14H,12-13H2,1-2H3,(H,25,30). The van der Waals surface area contributed by atoms with E-state index in [0.29, 0.717) is 22.1 Å². The number of thioether (sulfide) groups is 1. The van der Waals surface area contributed by atoms with Crippen LogP contribution in [0.5, 0.6) is 0 Å². The fourth-order valence-corrected chi connectivity index (χ4v) is 3.87. The lowest BCUT2D eigenvalue weighted by Gasteiger charge is -2.14. The minimum absolute atomic E-state index is 0.0112. The first-order valence-corrected chi connectivity index (χ1v) is 10.5. The van der Waals surface area contributed by atoms with Gasteiger partial charge in [-0.3, -0.25) is 9.59 Å². The number of benzene rings is 2. The highest BCUT2D eigenvalue weighted by Crippen LogP contribution is 2.23. The van der Waals surface area contributed by atoms with Crippen molar-refractivity contribution < 1.29 is 14.0 Å². The third-order valence-corrected chi connectivity index (χ3v) is 5.39. The number of nitriles is 1. The van der Waals surface area contributed by atoms with Gasteiger partial charge in [0.05, 0.1) is 29.5 Å². The van der Waals surface area contributed by atoms with Gasteiger partial charge in [-0.15, -0.1) is 10.2 Å². The lowest BCUT2D eigenvalue weighted by Crippen LogP contribution is -2.26. The molecule has 31 heavy (non-hydrogen) atoms. The molecule has 1 N–H and O–H groups in total. The molecule has 0 atom stereocenters. The number of aromatic nitrogens is 3. The molecule has 0 aliphatic heterocycles. The summed E-state index contributed by atoms with van der Waals surface area (Å²) >= 11 is 1.24. The Bertz CT molecular complexity index is 1140. The molecule has 0 unspecified atom stereocenters. The number of carbonyl (C=O) groups excluding carboxylic acids is 2. The fraction of sp³-hybridized carbons (Fsp3) is 0.227. The molecule has 3 rings (SSSR count). The van der Waals surface area contributed by atoms with Gasteiger partial charge in [0.2, 0.25) is 0 Å². The van der Waals surface area contributed by atoms with Crippen LogP contribution in [0, 0.1) is 17.1 Å². The summed E-state index contributed by atoms with van der Waals surface area (Å²) in [6.07, 6.45) is 0. The number of ketones is 1. The fourth-order valence-electron chi connectivity index (χ4n) is 2.89. The summed E-state index contributed by atoms with van der Waals surface area (Å²) in [5.41, 5.74) is 0.964. The zero-order chi connectivity index (χ0) is 22.4. The summed E-state index contributed by atoms with van der Waals surface area (Å²) in [4.78, 5) is 24.7. The van der Waals surface area contributed by atoms with Crippen molar-refractivity contribution in [1.29, 1.82) is 5.26 Å².